The number of carbonyl (C=O) groups excluding carboxylic acids is 2. The number of nitrogens with zero attached hydrogens (tertiary/aromatic N) is 1. The molecule has 0 bridgehead atoms. The van der Waals surface area contributed by atoms with Gasteiger partial charge in [-0.25, -0.2) is 4.39 Å². The maximum absolute atomic E-state index is 13.3. The van der Waals surface area contributed by atoms with Crippen molar-refractivity contribution < 1.29 is 18.7 Å². The average Bonchev–Trinajstić information content (AvgIpc) is 3.79. The molecule has 40 heavy (non-hydrogen) atoms. The Labute approximate surface area is 237 Å². The van der Waals surface area contributed by atoms with Gasteiger partial charge in [-0.3, -0.25) is 9.59 Å². The smallest absolute Gasteiger partial charge is 0.251 e. The lowest BCUT2D eigenvalue weighted by molar-refractivity contribution is -0.135. The van der Waals surface area contributed by atoms with E-state index in [-0.39, 0.29) is 24.2 Å². The van der Waals surface area contributed by atoms with Crippen LogP contribution in [0, 0.1) is 5.92 Å². The van der Waals surface area contributed by atoms with Crippen LogP contribution in [0.1, 0.15) is 43.0 Å². The highest BCUT2D eigenvalue weighted by molar-refractivity contribution is 5.98. The van der Waals surface area contributed by atoms with E-state index in [0.29, 0.717) is 43.8 Å². The van der Waals surface area contributed by atoms with E-state index < -0.39 is 6.04 Å². The molecule has 2 aromatic carbocycles. The molecule has 2 aliphatic rings. The second-order valence-corrected chi connectivity index (χ2v) is 10.4. The molecule has 1 saturated heterocycles. The second-order valence-electron chi connectivity index (χ2n) is 10.4. The van der Waals surface area contributed by atoms with Crippen molar-refractivity contribution in [3.8, 4) is 11.1 Å². The Morgan fingerprint density at radius 3 is 2.45 bits per heavy atom. The maximum Gasteiger partial charge on any atom is 0.251 e. The van der Waals surface area contributed by atoms with E-state index in [1.54, 1.807) is 25.1 Å². The van der Waals surface area contributed by atoms with Crippen LogP contribution in [0.4, 0.5) is 4.39 Å². The number of allylic oxidation sites excluding steroid dienone is 4. The van der Waals surface area contributed by atoms with E-state index in [2.05, 4.69) is 17.2 Å². The van der Waals surface area contributed by atoms with Gasteiger partial charge in [0.15, 0.2) is 0 Å². The first-order valence-electron chi connectivity index (χ1n) is 14.2. The van der Waals surface area contributed by atoms with Gasteiger partial charge in [-0.2, -0.15) is 0 Å². The van der Waals surface area contributed by atoms with E-state index in [0.717, 1.165) is 42.4 Å². The maximum atomic E-state index is 13.3. The zero-order chi connectivity index (χ0) is 28.3. The van der Waals surface area contributed by atoms with Crippen LogP contribution in [0.3, 0.4) is 0 Å². The van der Waals surface area contributed by atoms with Crippen LogP contribution < -0.4 is 10.6 Å². The zero-order valence-electron chi connectivity index (χ0n) is 23.3. The van der Waals surface area contributed by atoms with Crippen molar-refractivity contribution in [1.82, 2.24) is 15.5 Å². The number of likely N-dealkylation sites (tertiary alicyclic amines) is 1. The molecule has 1 heterocycles. The number of halogens is 1. The van der Waals surface area contributed by atoms with Gasteiger partial charge in [0.1, 0.15) is 11.9 Å². The van der Waals surface area contributed by atoms with Gasteiger partial charge in [-0.15, -0.1) is 0 Å². The topological polar surface area (TPSA) is 70.7 Å². The highest BCUT2D eigenvalue weighted by Crippen LogP contribution is 2.37. The fourth-order valence-corrected chi connectivity index (χ4v) is 4.95. The highest BCUT2D eigenvalue weighted by Gasteiger charge is 2.37. The first-order valence-corrected chi connectivity index (χ1v) is 14.2. The molecule has 1 saturated carbocycles. The summed E-state index contributed by atoms with van der Waals surface area (Å²) in [5, 5.41) is 6.35. The van der Waals surface area contributed by atoms with Crippen molar-refractivity contribution in [2.45, 2.75) is 44.7 Å². The van der Waals surface area contributed by atoms with E-state index in [4.69, 9.17) is 4.74 Å². The van der Waals surface area contributed by atoms with Gasteiger partial charge in [0.25, 0.3) is 5.91 Å². The number of benzene rings is 2. The van der Waals surface area contributed by atoms with Crippen molar-refractivity contribution in [1.29, 1.82) is 0 Å². The first kappa shape index (κ1) is 29.4. The predicted octanol–water partition coefficient (Wildman–Crippen LogP) is 5.44. The van der Waals surface area contributed by atoms with Gasteiger partial charge in [0, 0.05) is 37.2 Å². The fourth-order valence-electron chi connectivity index (χ4n) is 4.95. The van der Waals surface area contributed by atoms with Crippen LogP contribution in [0.5, 0.6) is 0 Å². The Hall–Kier alpha value is -3.55. The van der Waals surface area contributed by atoms with E-state index in [1.807, 2.05) is 47.4 Å². The summed E-state index contributed by atoms with van der Waals surface area (Å²) in [5.41, 5.74) is 3.51. The van der Waals surface area contributed by atoms with E-state index in [1.165, 1.54) is 12.2 Å². The third kappa shape index (κ3) is 8.47. The number of piperidine rings is 1. The summed E-state index contributed by atoms with van der Waals surface area (Å²) in [6, 6.07) is 16.9. The summed E-state index contributed by atoms with van der Waals surface area (Å²) in [6.07, 6.45) is 8.60. The summed E-state index contributed by atoms with van der Waals surface area (Å²) in [6.45, 7) is 8.24. The molecule has 0 spiro atoms. The minimum Gasteiger partial charge on any atom is -0.377 e. The predicted molar refractivity (Wildman–Crippen MR) is 157 cm³/mol. The second kappa shape index (κ2) is 14.7. The summed E-state index contributed by atoms with van der Waals surface area (Å²) in [7, 11) is 0. The fraction of sp³-hybridized carbons (Fsp3) is 0.394. The molecule has 7 heteroatoms. The molecule has 0 aromatic heterocycles. The van der Waals surface area contributed by atoms with Crippen molar-refractivity contribution in [2.75, 3.05) is 32.8 Å². The quantitative estimate of drug-likeness (QED) is 0.260. The molecule has 1 unspecified atom stereocenters. The number of amides is 2. The Balaban J connectivity index is 1.27. The summed E-state index contributed by atoms with van der Waals surface area (Å²) in [4.78, 5) is 28.2. The van der Waals surface area contributed by atoms with Gasteiger partial charge >= 0.3 is 0 Å². The third-order valence-electron chi connectivity index (χ3n) is 7.46. The van der Waals surface area contributed by atoms with Crippen LogP contribution >= 0.6 is 0 Å². The van der Waals surface area contributed by atoms with Gasteiger partial charge in [-0.1, -0.05) is 66.8 Å². The molecular formula is C33H40FN3O3. The number of hydrogen-bond acceptors (Lipinski definition) is 4. The Morgan fingerprint density at radius 1 is 1.05 bits per heavy atom. The van der Waals surface area contributed by atoms with E-state index in [9.17, 15) is 14.0 Å². The minimum atomic E-state index is -0.750. The number of hydrogen-bond donors (Lipinski definition) is 2. The zero-order valence-corrected chi connectivity index (χ0v) is 23.3. The van der Waals surface area contributed by atoms with Crippen molar-refractivity contribution in [2.24, 2.45) is 5.92 Å². The molecule has 2 aromatic rings. The molecule has 1 aliphatic carbocycles. The van der Waals surface area contributed by atoms with Crippen LogP contribution in [0.25, 0.3) is 11.1 Å². The minimum absolute atomic E-state index is 0.0966. The molecule has 2 amide bonds. The summed E-state index contributed by atoms with van der Waals surface area (Å²) < 4.78 is 19.2. The molecule has 0 radical (unpaired) electrons. The van der Waals surface area contributed by atoms with Crippen molar-refractivity contribution in [3.05, 3.63) is 96.4 Å². The van der Waals surface area contributed by atoms with Crippen LogP contribution in [0.15, 0.2) is 90.8 Å². The van der Waals surface area contributed by atoms with Gasteiger partial charge in [0.05, 0.1) is 13.2 Å². The largest absolute Gasteiger partial charge is 0.377 e. The first-order chi connectivity index (χ1) is 19.5. The summed E-state index contributed by atoms with van der Waals surface area (Å²) in [5.74, 6) is -0.370. The Bertz CT molecular complexity index is 1200. The standard InChI is InChI=1S/C33H40FN3O3/c1-3-28(34)17-12-24(2)29-22-30(29)35-18-21-40-23-31(33(39)37-19-8-5-9-20-37)36-32(38)27-15-13-26(14-16-27)25-10-6-4-7-11-25/h3-4,6-7,10-17,29-31,35H,2,5,8-9,18-23H2,1H3,(H,36,38)/b17-12-,28-3+/t29-,30?,31-/m0/s1. The lowest BCUT2D eigenvalue weighted by atomic mass is 10.0. The van der Waals surface area contributed by atoms with Crippen LogP contribution in [-0.2, 0) is 9.53 Å². The molecule has 6 nitrogen and oxygen atoms in total. The number of rotatable bonds is 13. The average molecular weight is 546 g/mol. The molecule has 212 valence electrons. The number of nitrogens with one attached hydrogen (secondary N) is 2. The van der Waals surface area contributed by atoms with Crippen LogP contribution in [-0.4, -0.2) is 61.6 Å². The molecular weight excluding hydrogens is 505 g/mol. The Morgan fingerprint density at radius 2 is 1.75 bits per heavy atom. The molecule has 1 aliphatic heterocycles. The van der Waals surface area contributed by atoms with Gasteiger partial charge in [0.2, 0.25) is 5.91 Å². The number of carbonyl (C=O) groups is 2. The van der Waals surface area contributed by atoms with E-state index >= 15 is 0 Å². The lowest BCUT2D eigenvalue weighted by Crippen LogP contribution is -2.52. The highest BCUT2D eigenvalue weighted by atomic mass is 19.1. The molecule has 2 fully saturated rings. The normalized spacial score (nSPS) is 19.9. The monoisotopic (exact) mass is 545 g/mol. The van der Waals surface area contributed by atoms with Gasteiger partial charge < -0.3 is 20.3 Å². The molecule has 2 N–H and O–H groups in total. The number of ether oxygens (including phenoxy) is 1. The van der Waals surface area contributed by atoms with Crippen LogP contribution in [0.2, 0.25) is 0 Å². The molecule has 4 rings (SSSR count). The third-order valence-corrected chi connectivity index (χ3v) is 7.46. The van der Waals surface area contributed by atoms with Crippen molar-refractivity contribution in [3.63, 3.8) is 0 Å². The van der Waals surface area contributed by atoms with Crippen molar-refractivity contribution >= 4 is 11.8 Å². The summed E-state index contributed by atoms with van der Waals surface area (Å²) >= 11 is 0. The molecule has 3 atom stereocenters. The SMILES string of the molecule is C=C(/C=C\C(F)=C/C)[C@@H]1CC1NCCOC[C@H](NC(=O)c1ccc(-c2ccccc2)cc1)C(=O)N1CCCCC1. The van der Waals surface area contributed by atoms with Gasteiger partial charge in [-0.05, 0) is 61.9 Å². The Kier molecular flexibility index (Phi) is 10.8. The lowest BCUT2D eigenvalue weighted by Gasteiger charge is -2.30.